The van der Waals surface area contributed by atoms with Crippen LogP contribution in [0.2, 0.25) is 0 Å². The Bertz CT molecular complexity index is 1100. The van der Waals surface area contributed by atoms with Gasteiger partial charge in [0.15, 0.2) is 5.13 Å². The van der Waals surface area contributed by atoms with Crippen LogP contribution in [-0.2, 0) is 0 Å². The van der Waals surface area contributed by atoms with Gasteiger partial charge in [-0.1, -0.05) is 0 Å². The van der Waals surface area contributed by atoms with Crippen molar-refractivity contribution < 1.29 is 15.3 Å². The number of aryl methyl sites for hydroxylation is 1. The molecule has 0 aliphatic rings. The Morgan fingerprint density at radius 3 is 2.78 bits per heavy atom. The number of nitrogens with one attached hydrogen (secondary N) is 3. The van der Waals surface area contributed by atoms with Gasteiger partial charge in [0.1, 0.15) is 28.6 Å². The van der Waals surface area contributed by atoms with E-state index in [1.807, 2.05) is 0 Å². The predicted molar refractivity (Wildman–Crippen MR) is 100 cm³/mol. The van der Waals surface area contributed by atoms with Gasteiger partial charge in [0.05, 0.1) is 29.8 Å². The lowest BCUT2D eigenvalue weighted by atomic mass is 10.2. The van der Waals surface area contributed by atoms with E-state index in [1.165, 1.54) is 41.3 Å². The van der Waals surface area contributed by atoms with E-state index >= 15 is 0 Å². The number of carbonyl (C=O) groups is 1. The van der Waals surface area contributed by atoms with Crippen LogP contribution >= 0.6 is 11.3 Å². The molecule has 1 amide bonds. The van der Waals surface area contributed by atoms with Gasteiger partial charge in [-0.25, -0.2) is 9.37 Å². The van der Waals surface area contributed by atoms with E-state index in [9.17, 15) is 9.18 Å². The van der Waals surface area contributed by atoms with Crippen molar-refractivity contribution in [1.29, 1.82) is 10.8 Å². The molecule has 0 saturated heterocycles. The lowest BCUT2D eigenvalue weighted by Gasteiger charge is -2.12. The van der Waals surface area contributed by atoms with E-state index < -0.39 is 11.7 Å². The molecule has 0 atom stereocenters. The first-order valence-corrected chi connectivity index (χ1v) is 8.60. The van der Waals surface area contributed by atoms with E-state index in [1.54, 1.807) is 12.3 Å². The Kier molecular flexibility index (Phi) is 5.08. The van der Waals surface area contributed by atoms with Gasteiger partial charge >= 0.3 is 0 Å². The third-order valence-electron chi connectivity index (χ3n) is 3.40. The summed E-state index contributed by atoms with van der Waals surface area (Å²) in [7, 11) is 0. The number of hydrogen-bond acceptors (Lipinski definition) is 7. The van der Waals surface area contributed by atoms with E-state index in [4.69, 9.17) is 15.6 Å². The van der Waals surface area contributed by atoms with Crippen LogP contribution < -0.4 is 15.5 Å². The summed E-state index contributed by atoms with van der Waals surface area (Å²) in [6.07, 6.45) is 3.73. The van der Waals surface area contributed by atoms with Crippen LogP contribution in [0.3, 0.4) is 0 Å². The van der Waals surface area contributed by atoms with Crippen molar-refractivity contribution in [1.82, 2.24) is 14.5 Å². The molecule has 0 aliphatic heterocycles. The summed E-state index contributed by atoms with van der Waals surface area (Å²) >= 11 is 1.26. The molecule has 27 heavy (non-hydrogen) atoms. The third kappa shape index (κ3) is 4.23. The van der Waals surface area contributed by atoms with E-state index in [0.717, 1.165) is 18.0 Å². The van der Waals surface area contributed by atoms with Crippen molar-refractivity contribution in [3.8, 4) is 11.5 Å². The molecule has 3 heterocycles. The predicted octanol–water partition coefficient (Wildman–Crippen LogP) is 3.40. The molecule has 0 spiro atoms. The third-order valence-corrected chi connectivity index (χ3v) is 4.28. The molecule has 0 aromatic carbocycles. The normalized spacial score (nSPS) is 10.5. The number of thiazole rings is 1. The molecule has 3 aromatic rings. The summed E-state index contributed by atoms with van der Waals surface area (Å²) in [4.78, 5) is 20.5. The topological polar surface area (TPSA) is 117 Å². The Morgan fingerprint density at radius 2 is 2.15 bits per heavy atom. The SMILES string of the molecule is CC(=N)n1cc(Oc2cncc(F)c2)cc(C(=O)Nc2nc(C)cs2)c1=N.[HH]. The molecule has 8 nitrogen and oxygen atoms in total. The van der Waals surface area contributed by atoms with Crippen molar-refractivity contribution in [3.63, 3.8) is 0 Å². The van der Waals surface area contributed by atoms with Gasteiger partial charge in [-0.3, -0.25) is 30.5 Å². The zero-order chi connectivity index (χ0) is 19.6. The summed E-state index contributed by atoms with van der Waals surface area (Å²) in [6.45, 7) is 3.27. The number of nitrogens with zero attached hydrogens (tertiary/aromatic N) is 3. The summed E-state index contributed by atoms with van der Waals surface area (Å²) < 4.78 is 20.0. The number of ether oxygens (including phenoxy) is 1. The number of hydrogen-bond donors (Lipinski definition) is 3. The van der Waals surface area contributed by atoms with Gasteiger partial charge < -0.3 is 4.74 Å². The highest BCUT2D eigenvalue weighted by Gasteiger charge is 2.16. The van der Waals surface area contributed by atoms with Crippen molar-refractivity contribution in [2.24, 2.45) is 0 Å². The van der Waals surface area contributed by atoms with Gasteiger partial charge in [0.2, 0.25) is 0 Å². The van der Waals surface area contributed by atoms with Crippen molar-refractivity contribution in [2.75, 3.05) is 5.32 Å². The number of rotatable bonds is 4. The Balaban J connectivity index is 0.00000280. The van der Waals surface area contributed by atoms with Gasteiger partial charge in [-0.05, 0) is 19.9 Å². The molecule has 3 aromatic heterocycles. The summed E-state index contributed by atoms with van der Waals surface area (Å²) in [6, 6.07) is 2.49. The smallest absolute Gasteiger partial charge is 0.261 e. The quantitative estimate of drug-likeness (QED) is 0.469. The highest BCUT2D eigenvalue weighted by atomic mass is 32.1. The van der Waals surface area contributed by atoms with Gasteiger partial charge in [0.25, 0.3) is 5.91 Å². The number of aromatic nitrogens is 3. The van der Waals surface area contributed by atoms with Crippen LogP contribution in [0.4, 0.5) is 9.52 Å². The Hall–Kier alpha value is -3.40. The Labute approximate surface area is 158 Å². The largest absolute Gasteiger partial charge is 0.454 e. The molecule has 140 valence electrons. The maximum Gasteiger partial charge on any atom is 0.261 e. The molecule has 0 fully saturated rings. The van der Waals surface area contributed by atoms with Gasteiger partial charge in [-0.2, -0.15) is 0 Å². The molecule has 0 saturated carbocycles. The molecular weight excluding hydrogens is 371 g/mol. The van der Waals surface area contributed by atoms with Crippen LogP contribution in [0.25, 0.3) is 0 Å². The highest BCUT2D eigenvalue weighted by Crippen LogP contribution is 2.22. The minimum atomic E-state index is -0.571. The number of pyridine rings is 2. The van der Waals surface area contributed by atoms with Crippen molar-refractivity contribution >= 4 is 28.2 Å². The van der Waals surface area contributed by atoms with Crippen molar-refractivity contribution in [2.45, 2.75) is 13.8 Å². The first-order chi connectivity index (χ1) is 12.8. The fourth-order valence-electron chi connectivity index (χ4n) is 2.22. The lowest BCUT2D eigenvalue weighted by molar-refractivity contribution is 0.102. The number of carbonyl (C=O) groups excluding carboxylic acids is 1. The molecular formula is C17H17FN6O2S. The monoisotopic (exact) mass is 388 g/mol. The van der Waals surface area contributed by atoms with Crippen LogP contribution in [0.15, 0.2) is 36.1 Å². The number of amides is 1. The van der Waals surface area contributed by atoms with Crippen LogP contribution in [0, 0.1) is 23.6 Å². The molecule has 3 N–H and O–H groups in total. The average molecular weight is 388 g/mol. The average Bonchev–Trinajstić information content (AvgIpc) is 3.00. The molecule has 0 unspecified atom stereocenters. The molecule has 0 aliphatic carbocycles. The lowest BCUT2D eigenvalue weighted by Crippen LogP contribution is -2.31. The van der Waals surface area contributed by atoms with Crippen LogP contribution in [0.5, 0.6) is 11.5 Å². The second-order valence-corrected chi connectivity index (χ2v) is 6.44. The first-order valence-electron chi connectivity index (χ1n) is 7.72. The molecule has 0 radical (unpaired) electrons. The second kappa shape index (κ2) is 7.46. The highest BCUT2D eigenvalue weighted by molar-refractivity contribution is 7.13. The van der Waals surface area contributed by atoms with E-state index in [-0.39, 0.29) is 29.8 Å². The van der Waals surface area contributed by atoms with Gasteiger partial charge in [0, 0.05) is 12.9 Å². The minimum absolute atomic E-state index is 0. The van der Waals surface area contributed by atoms with E-state index in [0.29, 0.717) is 5.13 Å². The first kappa shape index (κ1) is 18.4. The Morgan fingerprint density at radius 1 is 1.37 bits per heavy atom. The standard InChI is InChI=1S/C17H15FN6O2S.H2/c1-9-8-27-17(22-9)23-16(25)14-4-13(7-24(10(2)19)15(14)20)26-12-3-11(18)5-21-6-12;/h3-8,19-20H,1-2H3,(H,22,23,25);1H. The maximum atomic E-state index is 13.3. The fourth-order valence-corrected chi connectivity index (χ4v) is 2.91. The number of anilines is 1. The summed E-state index contributed by atoms with van der Waals surface area (Å²) in [5.74, 6) is -0.832. The molecule has 0 bridgehead atoms. The number of halogens is 1. The summed E-state index contributed by atoms with van der Waals surface area (Å²) in [5.41, 5.74) is 0.566. The zero-order valence-corrected chi connectivity index (χ0v) is 15.2. The van der Waals surface area contributed by atoms with Crippen molar-refractivity contribution in [3.05, 3.63) is 58.7 Å². The summed E-state index contributed by atoms with van der Waals surface area (Å²) in [5, 5.41) is 20.8. The molecule has 10 heteroatoms. The zero-order valence-electron chi connectivity index (χ0n) is 14.4. The molecule has 3 rings (SSSR count). The fraction of sp³-hybridized carbons (Fsp3) is 0.118. The van der Waals surface area contributed by atoms with Crippen LogP contribution in [-0.4, -0.2) is 26.3 Å². The van der Waals surface area contributed by atoms with Gasteiger partial charge in [-0.15, -0.1) is 11.3 Å². The maximum absolute atomic E-state index is 13.3. The second-order valence-electron chi connectivity index (χ2n) is 5.58. The van der Waals surface area contributed by atoms with Crippen LogP contribution in [0.1, 0.15) is 24.4 Å². The minimum Gasteiger partial charge on any atom is -0.454 e. The van der Waals surface area contributed by atoms with E-state index in [2.05, 4.69) is 15.3 Å².